The summed E-state index contributed by atoms with van der Waals surface area (Å²) >= 11 is 1.39. The first-order valence-electron chi connectivity index (χ1n) is 6.86. The number of fused-ring (bicyclic) bond motifs is 2. The molecule has 0 spiro atoms. The monoisotopic (exact) mass is 327 g/mol. The van der Waals surface area contributed by atoms with Crippen LogP contribution < -0.4 is 11.1 Å². The van der Waals surface area contributed by atoms with Gasteiger partial charge in [0.05, 0.1) is 23.8 Å². The van der Waals surface area contributed by atoms with Gasteiger partial charge in [-0.15, -0.1) is 11.3 Å². The van der Waals surface area contributed by atoms with Crippen LogP contribution in [0.5, 0.6) is 0 Å². The summed E-state index contributed by atoms with van der Waals surface area (Å²) in [6.07, 6.45) is 1.44. The van der Waals surface area contributed by atoms with Crippen molar-refractivity contribution in [1.29, 1.82) is 0 Å². The molecule has 0 saturated carbocycles. The van der Waals surface area contributed by atoms with Gasteiger partial charge in [-0.05, 0) is 41.1 Å². The standard InChI is InChI=1S/C16H10FN3O2S/c17-11-2-1-9-5-10(14(21)19-13(9)6-11)7-20-8-18-15-12(16(20)22)3-4-23-15/h1-6,8H,7H2,(H,19,21). The SMILES string of the molecule is O=c1[nH]c2cc(F)ccc2cc1Cn1cnc2sccc2c1=O. The fourth-order valence-electron chi connectivity index (χ4n) is 2.53. The Morgan fingerprint density at radius 3 is 2.96 bits per heavy atom. The van der Waals surface area contributed by atoms with E-state index in [-0.39, 0.29) is 17.7 Å². The predicted molar refractivity (Wildman–Crippen MR) is 87.5 cm³/mol. The Morgan fingerprint density at radius 2 is 2.09 bits per heavy atom. The first kappa shape index (κ1) is 13.8. The number of aromatic nitrogens is 3. The molecule has 0 radical (unpaired) electrons. The number of hydrogen-bond acceptors (Lipinski definition) is 4. The molecule has 0 aliphatic carbocycles. The van der Waals surface area contributed by atoms with Gasteiger partial charge in [-0.25, -0.2) is 9.37 Å². The van der Waals surface area contributed by atoms with Crippen molar-refractivity contribution in [3.63, 3.8) is 0 Å². The van der Waals surface area contributed by atoms with Gasteiger partial charge < -0.3 is 4.98 Å². The van der Waals surface area contributed by atoms with Crippen molar-refractivity contribution in [2.45, 2.75) is 6.54 Å². The lowest BCUT2D eigenvalue weighted by molar-refractivity contribution is 0.629. The molecule has 0 bridgehead atoms. The Labute approximate surface area is 132 Å². The van der Waals surface area contributed by atoms with Crippen molar-refractivity contribution in [2.75, 3.05) is 0 Å². The van der Waals surface area contributed by atoms with Crippen molar-refractivity contribution in [3.05, 3.63) is 74.1 Å². The number of aromatic amines is 1. The van der Waals surface area contributed by atoms with E-state index < -0.39 is 5.82 Å². The number of nitrogens with one attached hydrogen (secondary N) is 1. The second-order valence-corrected chi connectivity index (χ2v) is 6.07. The molecule has 4 rings (SSSR count). The van der Waals surface area contributed by atoms with Crippen molar-refractivity contribution in [3.8, 4) is 0 Å². The van der Waals surface area contributed by atoms with Gasteiger partial charge in [0, 0.05) is 5.56 Å². The summed E-state index contributed by atoms with van der Waals surface area (Å²) in [7, 11) is 0. The van der Waals surface area contributed by atoms with Gasteiger partial charge >= 0.3 is 0 Å². The molecule has 7 heteroatoms. The summed E-state index contributed by atoms with van der Waals surface area (Å²) in [6.45, 7) is 0.111. The Kier molecular flexibility index (Phi) is 3.09. The van der Waals surface area contributed by atoms with Crippen LogP contribution in [-0.2, 0) is 6.54 Å². The third-order valence-electron chi connectivity index (χ3n) is 3.68. The van der Waals surface area contributed by atoms with Crippen molar-refractivity contribution >= 4 is 32.5 Å². The van der Waals surface area contributed by atoms with E-state index in [2.05, 4.69) is 9.97 Å². The number of rotatable bonds is 2. The van der Waals surface area contributed by atoms with Crippen molar-refractivity contribution < 1.29 is 4.39 Å². The first-order valence-corrected chi connectivity index (χ1v) is 7.74. The molecule has 0 atom stereocenters. The minimum Gasteiger partial charge on any atom is -0.322 e. The summed E-state index contributed by atoms with van der Waals surface area (Å²) in [4.78, 5) is 32.1. The van der Waals surface area contributed by atoms with E-state index in [1.54, 1.807) is 23.6 Å². The molecule has 0 aliphatic heterocycles. The summed E-state index contributed by atoms with van der Waals surface area (Å²) in [5.74, 6) is -0.413. The molecule has 1 aromatic carbocycles. The van der Waals surface area contributed by atoms with Crippen molar-refractivity contribution in [1.82, 2.24) is 14.5 Å². The van der Waals surface area contributed by atoms with Crippen LogP contribution >= 0.6 is 11.3 Å². The maximum absolute atomic E-state index is 13.2. The number of thiophene rings is 1. The minimum absolute atomic E-state index is 0.111. The second kappa shape index (κ2) is 5.13. The zero-order valence-electron chi connectivity index (χ0n) is 11.7. The van der Waals surface area contributed by atoms with Crippen LogP contribution in [0.4, 0.5) is 4.39 Å². The minimum atomic E-state index is -0.413. The molecule has 0 unspecified atom stereocenters. The highest BCUT2D eigenvalue weighted by Gasteiger charge is 2.09. The van der Waals surface area contributed by atoms with E-state index in [9.17, 15) is 14.0 Å². The van der Waals surface area contributed by atoms with Crippen LogP contribution in [0.3, 0.4) is 0 Å². The smallest absolute Gasteiger partial charge is 0.262 e. The van der Waals surface area contributed by atoms with Gasteiger partial charge in [-0.2, -0.15) is 0 Å². The Balaban J connectivity index is 1.84. The highest BCUT2D eigenvalue weighted by molar-refractivity contribution is 7.16. The summed E-state index contributed by atoms with van der Waals surface area (Å²) < 4.78 is 14.6. The summed E-state index contributed by atoms with van der Waals surface area (Å²) in [5.41, 5.74) is 0.315. The molecule has 0 aliphatic rings. The number of H-pyrrole nitrogens is 1. The van der Waals surface area contributed by atoms with Crippen LogP contribution in [0, 0.1) is 5.82 Å². The molecular formula is C16H10FN3O2S. The molecule has 0 saturated heterocycles. The lowest BCUT2D eigenvalue weighted by atomic mass is 10.1. The number of nitrogens with zero attached hydrogens (tertiary/aromatic N) is 2. The molecule has 23 heavy (non-hydrogen) atoms. The van der Waals surface area contributed by atoms with E-state index in [1.165, 1.54) is 34.4 Å². The Morgan fingerprint density at radius 1 is 1.22 bits per heavy atom. The highest BCUT2D eigenvalue weighted by Crippen LogP contribution is 2.15. The molecule has 0 fully saturated rings. The molecule has 4 aromatic rings. The van der Waals surface area contributed by atoms with Gasteiger partial charge in [-0.1, -0.05) is 0 Å². The number of hydrogen-bond donors (Lipinski definition) is 1. The Bertz CT molecular complexity index is 1160. The van der Waals surface area contributed by atoms with E-state index in [0.29, 0.717) is 26.7 Å². The topological polar surface area (TPSA) is 67.8 Å². The van der Waals surface area contributed by atoms with Crippen LogP contribution in [-0.4, -0.2) is 14.5 Å². The predicted octanol–water partition coefficient (Wildman–Crippen LogP) is 2.49. The molecule has 114 valence electrons. The summed E-state index contributed by atoms with van der Waals surface area (Å²) in [5, 5.41) is 3.05. The van der Waals surface area contributed by atoms with Crippen LogP contribution in [0.1, 0.15) is 5.56 Å². The normalized spacial score (nSPS) is 11.3. The fourth-order valence-corrected chi connectivity index (χ4v) is 3.25. The van der Waals surface area contributed by atoms with Gasteiger partial charge in [-0.3, -0.25) is 14.2 Å². The van der Waals surface area contributed by atoms with Gasteiger partial charge in [0.1, 0.15) is 10.6 Å². The highest BCUT2D eigenvalue weighted by atomic mass is 32.1. The first-order chi connectivity index (χ1) is 11.1. The number of halogens is 1. The van der Waals surface area contributed by atoms with E-state index in [1.807, 2.05) is 0 Å². The van der Waals surface area contributed by atoms with Crippen molar-refractivity contribution in [2.24, 2.45) is 0 Å². The van der Waals surface area contributed by atoms with E-state index in [4.69, 9.17) is 0 Å². The second-order valence-electron chi connectivity index (χ2n) is 5.17. The maximum atomic E-state index is 13.2. The lowest BCUT2D eigenvalue weighted by Gasteiger charge is -2.06. The average molecular weight is 327 g/mol. The van der Waals surface area contributed by atoms with Crippen LogP contribution in [0.2, 0.25) is 0 Å². The van der Waals surface area contributed by atoms with Gasteiger partial charge in [0.25, 0.3) is 11.1 Å². The molecule has 0 amide bonds. The average Bonchev–Trinajstić information content (AvgIpc) is 3.00. The number of pyridine rings is 1. The zero-order chi connectivity index (χ0) is 16.0. The Hall–Kier alpha value is -2.80. The van der Waals surface area contributed by atoms with Crippen LogP contribution in [0.25, 0.3) is 21.1 Å². The van der Waals surface area contributed by atoms with Gasteiger partial charge in [0.15, 0.2) is 0 Å². The molecule has 3 heterocycles. The van der Waals surface area contributed by atoms with Crippen LogP contribution in [0.15, 0.2) is 51.6 Å². The zero-order valence-corrected chi connectivity index (χ0v) is 12.6. The van der Waals surface area contributed by atoms with E-state index >= 15 is 0 Å². The molecular weight excluding hydrogens is 317 g/mol. The molecule has 5 nitrogen and oxygen atoms in total. The summed E-state index contributed by atoms with van der Waals surface area (Å²) in [6, 6.07) is 7.57. The number of benzene rings is 1. The molecule has 3 aromatic heterocycles. The third kappa shape index (κ3) is 2.35. The third-order valence-corrected chi connectivity index (χ3v) is 4.50. The lowest BCUT2D eigenvalue weighted by Crippen LogP contribution is -2.24. The fraction of sp³-hybridized carbons (Fsp3) is 0.0625. The molecule has 1 N–H and O–H groups in total. The van der Waals surface area contributed by atoms with Gasteiger partial charge in [0.2, 0.25) is 0 Å². The quantitative estimate of drug-likeness (QED) is 0.615. The largest absolute Gasteiger partial charge is 0.322 e. The maximum Gasteiger partial charge on any atom is 0.262 e. The van der Waals surface area contributed by atoms with E-state index in [0.717, 1.165) is 0 Å².